The van der Waals surface area contributed by atoms with Crippen molar-refractivity contribution in [3.63, 3.8) is 0 Å². The van der Waals surface area contributed by atoms with Gasteiger partial charge in [0.2, 0.25) is 5.79 Å². The Bertz CT molecular complexity index is 345. The average molecular weight is 257 g/mol. The molecule has 0 bridgehead atoms. The van der Waals surface area contributed by atoms with Crippen molar-refractivity contribution in [3.05, 3.63) is 34.3 Å². The molecule has 1 atom stereocenters. The molecule has 0 saturated carbocycles. The first kappa shape index (κ1) is 10.1. The second kappa shape index (κ2) is 3.05. The smallest absolute Gasteiger partial charge is 0.225 e. The zero-order valence-corrected chi connectivity index (χ0v) is 10.1. The van der Waals surface area contributed by atoms with Crippen molar-refractivity contribution in [2.24, 2.45) is 0 Å². The number of hydrogen-bond acceptors (Lipinski definition) is 2. The molecule has 0 amide bonds. The highest BCUT2D eigenvalue weighted by atomic mass is 79.9. The largest absolute Gasteiger partial charge is 0.347 e. The summed E-state index contributed by atoms with van der Waals surface area (Å²) in [4.78, 5) is 0. The van der Waals surface area contributed by atoms with Gasteiger partial charge in [0.1, 0.15) is 5.60 Å². The summed E-state index contributed by atoms with van der Waals surface area (Å²) in [6.45, 7) is 4.05. The third-order valence-corrected chi connectivity index (χ3v) is 3.19. The molecule has 0 spiro atoms. The highest BCUT2D eigenvalue weighted by Crippen LogP contribution is 2.55. The van der Waals surface area contributed by atoms with Crippen molar-refractivity contribution in [3.8, 4) is 0 Å². The number of benzene rings is 1. The fourth-order valence-corrected chi connectivity index (χ4v) is 2.08. The third kappa shape index (κ3) is 1.31. The summed E-state index contributed by atoms with van der Waals surface area (Å²) in [5.74, 6) is -0.548. The van der Waals surface area contributed by atoms with Crippen LogP contribution in [0.15, 0.2) is 28.7 Å². The predicted octanol–water partition coefficient (Wildman–Crippen LogP) is 3.06. The summed E-state index contributed by atoms with van der Waals surface area (Å²) in [7, 11) is 1.68. The maximum atomic E-state index is 5.63. The predicted molar refractivity (Wildman–Crippen MR) is 58.0 cm³/mol. The quantitative estimate of drug-likeness (QED) is 0.759. The van der Waals surface area contributed by atoms with Crippen LogP contribution in [0.25, 0.3) is 0 Å². The Morgan fingerprint density at radius 2 is 1.71 bits per heavy atom. The molecule has 0 aromatic heterocycles. The van der Waals surface area contributed by atoms with E-state index in [-0.39, 0.29) is 5.60 Å². The molecule has 1 aromatic rings. The Hall–Kier alpha value is -0.380. The minimum Gasteiger partial charge on any atom is -0.347 e. The van der Waals surface area contributed by atoms with Gasteiger partial charge >= 0.3 is 0 Å². The summed E-state index contributed by atoms with van der Waals surface area (Å²) in [6, 6.07) is 8.02. The van der Waals surface area contributed by atoms with Crippen LogP contribution < -0.4 is 0 Å². The van der Waals surface area contributed by atoms with Crippen molar-refractivity contribution in [2.45, 2.75) is 25.2 Å². The van der Waals surface area contributed by atoms with E-state index < -0.39 is 5.79 Å². The third-order valence-electron chi connectivity index (χ3n) is 2.66. The van der Waals surface area contributed by atoms with Gasteiger partial charge in [-0.2, -0.15) is 0 Å². The Morgan fingerprint density at radius 1 is 1.21 bits per heavy atom. The lowest BCUT2D eigenvalue weighted by molar-refractivity contribution is -0.0147. The molecule has 1 saturated heterocycles. The first-order valence-corrected chi connectivity index (χ1v) is 5.32. The van der Waals surface area contributed by atoms with E-state index in [0.717, 1.165) is 10.0 Å². The topological polar surface area (TPSA) is 21.8 Å². The van der Waals surface area contributed by atoms with E-state index in [4.69, 9.17) is 9.47 Å². The molecule has 1 aromatic carbocycles. The minimum absolute atomic E-state index is 0.227. The highest BCUT2D eigenvalue weighted by Gasteiger charge is 2.66. The SMILES string of the molecule is CO[C@@]1(c2ccc(Br)cc2)OC1(C)C. The van der Waals surface area contributed by atoms with Crippen molar-refractivity contribution >= 4 is 15.9 Å². The van der Waals surface area contributed by atoms with E-state index >= 15 is 0 Å². The number of rotatable bonds is 2. The second-order valence-corrected chi connectivity index (χ2v) is 4.86. The van der Waals surface area contributed by atoms with Gasteiger partial charge in [0, 0.05) is 17.1 Å². The Morgan fingerprint density at radius 3 is 2.07 bits per heavy atom. The van der Waals surface area contributed by atoms with E-state index in [2.05, 4.69) is 15.9 Å². The lowest BCUT2D eigenvalue weighted by atomic mass is 9.99. The molecule has 1 aliphatic heterocycles. The molecular weight excluding hydrogens is 244 g/mol. The number of hydrogen-bond donors (Lipinski definition) is 0. The van der Waals surface area contributed by atoms with Crippen LogP contribution in [0.2, 0.25) is 0 Å². The summed E-state index contributed by atoms with van der Waals surface area (Å²) in [5, 5.41) is 0. The molecule has 1 heterocycles. The normalized spacial score (nSPS) is 28.9. The van der Waals surface area contributed by atoms with Gasteiger partial charge in [0.15, 0.2) is 0 Å². The van der Waals surface area contributed by atoms with Gasteiger partial charge in [-0.3, -0.25) is 0 Å². The zero-order chi connectivity index (χ0) is 10.4. The van der Waals surface area contributed by atoms with Crippen molar-refractivity contribution in [1.29, 1.82) is 0 Å². The van der Waals surface area contributed by atoms with Gasteiger partial charge in [-0.25, -0.2) is 0 Å². The van der Waals surface area contributed by atoms with Crippen LogP contribution in [0, 0.1) is 0 Å². The van der Waals surface area contributed by atoms with Gasteiger partial charge in [-0.1, -0.05) is 28.1 Å². The molecule has 0 radical (unpaired) electrons. The molecule has 2 nitrogen and oxygen atoms in total. The first-order chi connectivity index (χ1) is 6.52. The van der Waals surface area contributed by atoms with Crippen LogP contribution in [0.1, 0.15) is 19.4 Å². The van der Waals surface area contributed by atoms with Crippen LogP contribution in [0.5, 0.6) is 0 Å². The van der Waals surface area contributed by atoms with E-state index in [1.165, 1.54) is 0 Å². The first-order valence-electron chi connectivity index (χ1n) is 4.53. The maximum Gasteiger partial charge on any atom is 0.225 e. The van der Waals surface area contributed by atoms with E-state index in [1.54, 1.807) is 7.11 Å². The van der Waals surface area contributed by atoms with Crippen LogP contribution in [-0.2, 0) is 15.3 Å². The lowest BCUT2D eigenvalue weighted by Crippen LogP contribution is -2.20. The minimum atomic E-state index is -0.548. The highest BCUT2D eigenvalue weighted by molar-refractivity contribution is 9.10. The molecule has 1 fully saturated rings. The summed E-state index contributed by atoms with van der Waals surface area (Å²) >= 11 is 3.40. The van der Waals surface area contributed by atoms with E-state index in [9.17, 15) is 0 Å². The van der Waals surface area contributed by atoms with Crippen LogP contribution in [0.3, 0.4) is 0 Å². The molecular formula is C11H13BrO2. The maximum absolute atomic E-state index is 5.63. The summed E-state index contributed by atoms with van der Waals surface area (Å²) in [6.07, 6.45) is 0. The molecule has 14 heavy (non-hydrogen) atoms. The standard InChI is InChI=1S/C11H13BrO2/c1-10(2)11(13-3,14-10)8-4-6-9(12)7-5-8/h4-7H,1-3H3/t11-/m0/s1. The lowest BCUT2D eigenvalue weighted by Gasteiger charge is -2.13. The second-order valence-electron chi connectivity index (χ2n) is 3.94. The van der Waals surface area contributed by atoms with Crippen molar-refractivity contribution in [1.82, 2.24) is 0 Å². The Kier molecular flexibility index (Phi) is 2.21. The van der Waals surface area contributed by atoms with E-state index in [1.807, 2.05) is 38.1 Å². The van der Waals surface area contributed by atoms with Gasteiger partial charge in [-0.05, 0) is 26.0 Å². The molecule has 0 aliphatic carbocycles. The monoisotopic (exact) mass is 256 g/mol. The number of halogens is 1. The Labute approximate surface area is 92.3 Å². The van der Waals surface area contributed by atoms with Crippen molar-refractivity contribution < 1.29 is 9.47 Å². The van der Waals surface area contributed by atoms with Gasteiger partial charge in [0.25, 0.3) is 0 Å². The van der Waals surface area contributed by atoms with Crippen LogP contribution in [-0.4, -0.2) is 12.7 Å². The van der Waals surface area contributed by atoms with E-state index in [0.29, 0.717) is 0 Å². The van der Waals surface area contributed by atoms with Gasteiger partial charge < -0.3 is 9.47 Å². The molecule has 0 N–H and O–H groups in total. The molecule has 3 heteroatoms. The zero-order valence-electron chi connectivity index (χ0n) is 8.50. The van der Waals surface area contributed by atoms with Gasteiger partial charge in [-0.15, -0.1) is 0 Å². The van der Waals surface area contributed by atoms with Crippen LogP contribution >= 0.6 is 15.9 Å². The molecule has 0 unspecified atom stereocenters. The summed E-state index contributed by atoms with van der Waals surface area (Å²) in [5.41, 5.74) is 0.837. The average Bonchev–Trinajstić information content (AvgIpc) is 2.71. The molecule has 76 valence electrons. The number of methoxy groups -OCH3 is 1. The summed E-state index contributed by atoms with van der Waals surface area (Å²) < 4.78 is 12.1. The molecule has 2 rings (SSSR count). The Balaban J connectivity index is 2.36. The van der Waals surface area contributed by atoms with Crippen LogP contribution in [0.4, 0.5) is 0 Å². The fraction of sp³-hybridized carbons (Fsp3) is 0.455. The van der Waals surface area contributed by atoms with Gasteiger partial charge in [0.05, 0.1) is 0 Å². The van der Waals surface area contributed by atoms with Crippen molar-refractivity contribution in [2.75, 3.05) is 7.11 Å². The fourth-order valence-electron chi connectivity index (χ4n) is 1.81. The number of epoxide rings is 1. The number of ether oxygens (including phenoxy) is 2. The molecule has 1 aliphatic rings.